The number of nitro benzene ring substituents is 1. The Morgan fingerprint density at radius 1 is 1.45 bits per heavy atom. The minimum atomic E-state index is -0.394. The molecular formula is C13H15ClN4O2. The second kappa shape index (κ2) is 6.49. The number of hydrogen-bond donors (Lipinski definition) is 1. The summed E-state index contributed by atoms with van der Waals surface area (Å²) in [5.41, 5.74) is 1.79. The first-order valence-corrected chi connectivity index (χ1v) is 6.56. The van der Waals surface area contributed by atoms with E-state index in [4.69, 9.17) is 11.6 Å². The number of nitrogens with one attached hydrogen (secondary N) is 1. The van der Waals surface area contributed by atoms with Crippen molar-refractivity contribution in [1.82, 2.24) is 15.1 Å². The molecule has 6 nitrogen and oxygen atoms in total. The third-order valence-electron chi connectivity index (χ3n) is 3.03. The summed E-state index contributed by atoms with van der Waals surface area (Å²) in [7, 11) is 1.89. The molecule has 20 heavy (non-hydrogen) atoms. The number of nitro groups is 1. The molecule has 0 unspecified atom stereocenters. The highest BCUT2D eigenvalue weighted by atomic mass is 35.5. The van der Waals surface area contributed by atoms with Crippen LogP contribution in [0.25, 0.3) is 0 Å². The maximum absolute atomic E-state index is 10.9. The topological polar surface area (TPSA) is 73.0 Å². The lowest BCUT2D eigenvalue weighted by Crippen LogP contribution is -2.18. The third-order valence-corrected chi connectivity index (χ3v) is 3.27. The van der Waals surface area contributed by atoms with Crippen LogP contribution >= 0.6 is 11.6 Å². The second-order valence-electron chi connectivity index (χ2n) is 4.40. The minimum Gasteiger partial charge on any atom is -0.312 e. The van der Waals surface area contributed by atoms with Crippen LogP contribution in [0.1, 0.15) is 11.3 Å². The van der Waals surface area contributed by atoms with E-state index < -0.39 is 4.92 Å². The Bertz CT molecular complexity index is 612. The van der Waals surface area contributed by atoms with Gasteiger partial charge in [0.15, 0.2) is 0 Å². The molecule has 0 amide bonds. The van der Waals surface area contributed by atoms with E-state index in [2.05, 4.69) is 10.4 Å². The molecule has 0 aliphatic rings. The van der Waals surface area contributed by atoms with Gasteiger partial charge in [-0.25, -0.2) is 0 Å². The summed E-state index contributed by atoms with van der Waals surface area (Å²) < 4.78 is 1.81. The van der Waals surface area contributed by atoms with E-state index in [1.54, 1.807) is 12.3 Å². The Morgan fingerprint density at radius 3 is 2.90 bits per heavy atom. The molecule has 1 N–H and O–H groups in total. The molecule has 1 aromatic heterocycles. The molecule has 2 rings (SSSR count). The molecule has 0 spiro atoms. The van der Waals surface area contributed by atoms with E-state index in [0.29, 0.717) is 23.7 Å². The molecule has 2 aromatic rings. The zero-order valence-corrected chi connectivity index (χ0v) is 11.8. The number of aryl methyl sites for hydroxylation is 1. The van der Waals surface area contributed by atoms with Crippen molar-refractivity contribution in [2.45, 2.75) is 13.0 Å². The van der Waals surface area contributed by atoms with Crippen LogP contribution in [0.2, 0.25) is 5.02 Å². The molecule has 0 atom stereocenters. The molecule has 0 radical (unpaired) electrons. The predicted molar refractivity (Wildman–Crippen MR) is 76.7 cm³/mol. The van der Waals surface area contributed by atoms with E-state index in [1.807, 2.05) is 17.8 Å². The number of aromatic nitrogens is 2. The summed E-state index contributed by atoms with van der Waals surface area (Å²) >= 11 is 5.87. The smallest absolute Gasteiger partial charge is 0.273 e. The zero-order chi connectivity index (χ0) is 14.5. The molecule has 7 heteroatoms. The number of benzene rings is 1. The van der Waals surface area contributed by atoms with Gasteiger partial charge >= 0.3 is 0 Å². The fourth-order valence-corrected chi connectivity index (χ4v) is 2.15. The van der Waals surface area contributed by atoms with Crippen molar-refractivity contribution >= 4 is 17.3 Å². The average Bonchev–Trinajstić information content (AvgIpc) is 2.80. The highest BCUT2D eigenvalue weighted by Gasteiger charge is 2.13. The third kappa shape index (κ3) is 3.55. The zero-order valence-electron chi connectivity index (χ0n) is 11.0. The van der Waals surface area contributed by atoms with Gasteiger partial charge in [0, 0.05) is 55.1 Å². The van der Waals surface area contributed by atoms with Gasteiger partial charge in [-0.2, -0.15) is 5.10 Å². The summed E-state index contributed by atoms with van der Waals surface area (Å²) in [5.74, 6) is 0. The number of halogens is 1. The van der Waals surface area contributed by atoms with Crippen LogP contribution < -0.4 is 5.32 Å². The SMILES string of the molecule is Cn1nccc1CCNCc1cc(Cl)ccc1[N+](=O)[O-]. The quantitative estimate of drug-likeness (QED) is 0.504. The van der Waals surface area contributed by atoms with Gasteiger partial charge in [-0.3, -0.25) is 14.8 Å². The number of nitrogens with zero attached hydrogens (tertiary/aromatic N) is 3. The maximum atomic E-state index is 10.9. The Kier molecular flexibility index (Phi) is 4.70. The Hall–Kier alpha value is -1.92. The van der Waals surface area contributed by atoms with Gasteiger partial charge in [0.25, 0.3) is 5.69 Å². The van der Waals surface area contributed by atoms with Crippen molar-refractivity contribution in [3.05, 3.63) is 56.9 Å². The lowest BCUT2D eigenvalue weighted by molar-refractivity contribution is -0.385. The summed E-state index contributed by atoms with van der Waals surface area (Å²) in [6.07, 6.45) is 2.56. The van der Waals surface area contributed by atoms with Gasteiger partial charge in [0.2, 0.25) is 0 Å². The van der Waals surface area contributed by atoms with Crippen LogP contribution in [0.4, 0.5) is 5.69 Å². The van der Waals surface area contributed by atoms with Crippen molar-refractivity contribution in [2.24, 2.45) is 7.05 Å². The lowest BCUT2D eigenvalue weighted by Gasteiger charge is -2.06. The predicted octanol–water partition coefficient (Wildman–Crippen LogP) is 2.31. The van der Waals surface area contributed by atoms with E-state index in [0.717, 1.165) is 12.1 Å². The first-order chi connectivity index (χ1) is 9.58. The van der Waals surface area contributed by atoms with Crippen molar-refractivity contribution in [3.63, 3.8) is 0 Å². The maximum Gasteiger partial charge on any atom is 0.273 e. The van der Waals surface area contributed by atoms with Gasteiger partial charge < -0.3 is 5.32 Å². The molecule has 0 bridgehead atoms. The first-order valence-electron chi connectivity index (χ1n) is 6.18. The standard InChI is InChI=1S/C13H15ClN4O2/c1-17-12(5-7-16-17)4-6-15-9-10-8-11(14)2-3-13(10)18(19)20/h2-3,5,7-8,15H,4,6,9H2,1H3. The summed E-state index contributed by atoms with van der Waals surface area (Å²) in [6.45, 7) is 1.12. The largest absolute Gasteiger partial charge is 0.312 e. The fourth-order valence-electron chi connectivity index (χ4n) is 1.96. The Balaban J connectivity index is 1.92. The lowest BCUT2D eigenvalue weighted by atomic mass is 10.2. The van der Waals surface area contributed by atoms with Gasteiger partial charge in [-0.05, 0) is 18.2 Å². The molecule has 0 saturated heterocycles. The van der Waals surface area contributed by atoms with Crippen molar-refractivity contribution in [3.8, 4) is 0 Å². The normalized spacial score (nSPS) is 10.7. The molecule has 0 saturated carbocycles. The van der Waals surface area contributed by atoms with Gasteiger partial charge in [0.05, 0.1) is 4.92 Å². The molecule has 106 valence electrons. The van der Waals surface area contributed by atoms with Crippen LogP contribution in [0.3, 0.4) is 0 Å². The number of hydrogen-bond acceptors (Lipinski definition) is 4. The molecule has 1 aromatic carbocycles. The highest BCUT2D eigenvalue weighted by Crippen LogP contribution is 2.22. The number of rotatable bonds is 6. The second-order valence-corrected chi connectivity index (χ2v) is 4.84. The molecule has 1 heterocycles. The monoisotopic (exact) mass is 294 g/mol. The Labute approximate surface area is 121 Å². The van der Waals surface area contributed by atoms with E-state index in [9.17, 15) is 10.1 Å². The van der Waals surface area contributed by atoms with E-state index >= 15 is 0 Å². The van der Waals surface area contributed by atoms with Gasteiger partial charge in [-0.1, -0.05) is 11.6 Å². The minimum absolute atomic E-state index is 0.0856. The van der Waals surface area contributed by atoms with Gasteiger partial charge in [-0.15, -0.1) is 0 Å². The highest BCUT2D eigenvalue weighted by molar-refractivity contribution is 6.30. The Morgan fingerprint density at radius 2 is 2.25 bits per heavy atom. The van der Waals surface area contributed by atoms with Crippen molar-refractivity contribution in [2.75, 3.05) is 6.54 Å². The first kappa shape index (κ1) is 14.5. The fraction of sp³-hybridized carbons (Fsp3) is 0.308. The van der Waals surface area contributed by atoms with Gasteiger partial charge in [0.1, 0.15) is 0 Å². The van der Waals surface area contributed by atoms with E-state index in [-0.39, 0.29) is 5.69 Å². The van der Waals surface area contributed by atoms with Crippen LogP contribution in [0.5, 0.6) is 0 Å². The van der Waals surface area contributed by atoms with Crippen molar-refractivity contribution < 1.29 is 4.92 Å². The molecule has 0 aliphatic heterocycles. The van der Waals surface area contributed by atoms with Crippen LogP contribution in [0, 0.1) is 10.1 Å². The summed E-state index contributed by atoms with van der Waals surface area (Å²) in [5, 5.41) is 18.7. The van der Waals surface area contributed by atoms with Crippen molar-refractivity contribution in [1.29, 1.82) is 0 Å². The average molecular weight is 295 g/mol. The van der Waals surface area contributed by atoms with Crippen LogP contribution in [-0.2, 0) is 20.0 Å². The molecule has 0 fully saturated rings. The van der Waals surface area contributed by atoms with E-state index in [1.165, 1.54) is 12.1 Å². The van der Waals surface area contributed by atoms with Crippen LogP contribution in [-0.4, -0.2) is 21.2 Å². The molecule has 0 aliphatic carbocycles. The summed E-state index contributed by atoms with van der Waals surface area (Å²) in [6, 6.07) is 6.53. The van der Waals surface area contributed by atoms with Crippen LogP contribution in [0.15, 0.2) is 30.5 Å². The molecular weight excluding hydrogens is 280 g/mol. The summed E-state index contributed by atoms with van der Waals surface area (Å²) in [4.78, 5) is 10.5.